The van der Waals surface area contributed by atoms with Crippen molar-refractivity contribution in [3.63, 3.8) is 0 Å². The van der Waals surface area contributed by atoms with Crippen molar-refractivity contribution in [2.45, 2.75) is 13.3 Å². The molecule has 0 radical (unpaired) electrons. The summed E-state index contributed by atoms with van der Waals surface area (Å²) in [5.74, 6) is -0.296. The third-order valence-corrected chi connectivity index (χ3v) is 2.75. The van der Waals surface area contributed by atoms with Crippen LogP contribution in [0.1, 0.15) is 23.7 Å². The average Bonchev–Trinajstić information content (AvgIpc) is 2.44. The zero-order chi connectivity index (χ0) is 15.1. The van der Waals surface area contributed by atoms with Crippen LogP contribution in [0.4, 0.5) is 5.69 Å². The molecule has 110 valence electrons. The zero-order valence-corrected chi connectivity index (χ0v) is 11.7. The van der Waals surface area contributed by atoms with Crippen LogP contribution in [-0.2, 0) is 0 Å². The fraction of sp³-hybridized carbons (Fsp3) is 0.462. The van der Waals surface area contributed by atoms with Gasteiger partial charge in [-0.2, -0.15) is 0 Å². The predicted octanol–water partition coefficient (Wildman–Crippen LogP) is 1.41. The van der Waals surface area contributed by atoms with Gasteiger partial charge in [0.05, 0.1) is 17.1 Å². The smallest absolute Gasteiger partial charge is 0.311 e. The molecule has 0 aliphatic carbocycles. The minimum atomic E-state index is -0.554. The number of carbonyl (C=O) groups is 1. The summed E-state index contributed by atoms with van der Waals surface area (Å²) in [7, 11) is 1.63. The number of carbonyl (C=O) groups excluding carboxylic acids is 1. The van der Waals surface area contributed by atoms with Gasteiger partial charge in [-0.3, -0.25) is 14.9 Å². The second-order valence-electron chi connectivity index (χ2n) is 4.21. The summed E-state index contributed by atoms with van der Waals surface area (Å²) in [6.07, 6.45) is 0.668. The van der Waals surface area contributed by atoms with Gasteiger partial charge in [0, 0.05) is 19.7 Å². The molecule has 1 amide bonds. The van der Waals surface area contributed by atoms with E-state index in [1.54, 1.807) is 14.0 Å². The van der Waals surface area contributed by atoms with E-state index in [-0.39, 0.29) is 29.5 Å². The van der Waals surface area contributed by atoms with Crippen molar-refractivity contribution in [3.05, 3.63) is 33.9 Å². The fourth-order valence-corrected chi connectivity index (χ4v) is 1.77. The van der Waals surface area contributed by atoms with E-state index in [1.807, 2.05) is 0 Å². The molecule has 0 aliphatic rings. The molecule has 0 unspecified atom stereocenters. The minimum absolute atomic E-state index is 0.0181. The molecule has 0 saturated heterocycles. The molecule has 0 atom stereocenters. The molecule has 7 nitrogen and oxygen atoms in total. The van der Waals surface area contributed by atoms with Crippen molar-refractivity contribution < 1.29 is 14.5 Å². The van der Waals surface area contributed by atoms with Crippen molar-refractivity contribution in [3.8, 4) is 5.75 Å². The van der Waals surface area contributed by atoms with E-state index in [0.29, 0.717) is 19.5 Å². The van der Waals surface area contributed by atoms with Gasteiger partial charge in [0.1, 0.15) is 0 Å². The van der Waals surface area contributed by atoms with Crippen LogP contribution in [0.25, 0.3) is 0 Å². The summed E-state index contributed by atoms with van der Waals surface area (Å²) < 4.78 is 5.29. The Balaban J connectivity index is 3.13. The number of nitrogens with zero attached hydrogens (tertiary/aromatic N) is 2. The molecule has 0 saturated carbocycles. The topological polar surface area (TPSA) is 98.7 Å². The van der Waals surface area contributed by atoms with Crippen LogP contribution in [0.5, 0.6) is 5.75 Å². The van der Waals surface area contributed by atoms with Crippen molar-refractivity contribution in [1.82, 2.24) is 4.90 Å². The number of hydrogen-bond acceptors (Lipinski definition) is 5. The quantitative estimate of drug-likeness (QED) is 0.602. The van der Waals surface area contributed by atoms with Gasteiger partial charge in [-0.05, 0) is 26.0 Å². The lowest BCUT2D eigenvalue weighted by atomic mass is 10.1. The van der Waals surface area contributed by atoms with Crippen molar-refractivity contribution in [2.75, 3.05) is 26.7 Å². The monoisotopic (exact) mass is 281 g/mol. The number of nitro groups is 1. The number of ether oxygens (including phenoxy) is 1. The Labute approximate surface area is 117 Å². The van der Waals surface area contributed by atoms with Crippen LogP contribution in [0.2, 0.25) is 0 Å². The summed E-state index contributed by atoms with van der Waals surface area (Å²) in [4.78, 5) is 24.2. The maximum atomic E-state index is 12.3. The van der Waals surface area contributed by atoms with Crippen molar-refractivity contribution in [1.29, 1.82) is 0 Å². The summed E-state index contributed by atoms with van der Waals surface area (Å²) in [5.41, 5.74) is 5.40. The normalized spacial score (nSPS) is 10.2. The Morgan fingerprint density at radius 1 is 1.50 bits per heavy atom. The Bertz CT molecular complexity index is 491. The second kappa shape index (κ2) is 7.44. The van der Waals surface area contributed by atoms with Gasteiger partial charge in [-0.1, -0.05) is 6.07 Å². The Hall–Kier alpha value is -2.15. The van der Waals surface area contributed by atoms with Crippen LogP contribution in [-0.4, -0.2) is 42.5 Å². The molecule has 7 heteroatoms. The molecule has 0 bridgehead atoms. The molecule has 20 heavy (non-hydrogen) atoms. The highest BCUT2D eigenvalue weighted by molar-refractivity contribution is 5.98. The first-order chi connectivity index (χ1) is 9.52. The lowest BCUT2D eigenvalue weighted by Crippen LogP contribution is -2.29. The van der Waals surface area contributed by atoms with Crippen LogP contribution in [0.3, 0.4) is 0 Å². The molecule has 0 aromatic heterocycles. The summed E-state index contributed by atoms with van der Waals surface area (Å²) in [6.45, 7) is 2.93. The number of para-hydroxylation sites is 1. The molecule has 0 heterocycles. The van der Waals surface area contributed by atoms with E-state index in [0.717, 1.165) is 0 Å². The van der Waals surface area contributed by atoms with E-state index in [9.17, 15) is 14.9 Å². The summed E-state index contributed by atoms with van der Waals surface area (Å²) in [5, 5.41) is 11.0. The largest absolute Gasteiger partial charge is 0.487 e. The highest BCUT2D eigenvalue weighted by atomic mass is 16.6. The van der Waals surface area contributed by atoms with Gasteiger partial charge in [0.2, 0.25) is 5.75 Å². The van der Waals surface area contributed by atoms with E-state index in [1.165, 1.54) is 23.1 Å². The molecule has 0 aliphatic heterocycles. The highest BCUT2D eigenvalue weighted by Gasteiger charge is 2.24. The maximum absolute atomic E-state index is 12.3. The second-order valence-corrected chi connectivity index (χ2v) is 4.21. The van der Waals surface area contributed by atoms with Crippen LogP contribution in [0, 0.1) is 10.1 Å². The molecule has 0 spiro atoms. The number of hydrogen-bond donors (Lipinski definition) is 1. The van der Waals surface area contributed by atoms with Crippen LogP contribution < -0.4 is 10.5 Å². The standard InChI is InChI=1S/C13H19N3O4/c1-3-20-12-10(6-4-7-11(12)16(18)19)13(17)15(2)9-5-8-14/h4,6-7H,3,5,8-9,14H2,1-2H3. The lowest BCUT2D eigenvalue weighted by molar-refractivity contribution is -0.385. The SMILES string of the molecule is CCOc1c(C(=O)N(C)CCCN)cccc1[N+](=O)[O-]. The van der Waals surface area contributed by atoms with Gasteiger partial charge in [0.25, 0.3) is 5.91 Å². The Morgan fingerprint density at radius 3 is 2.75 bits per heavy atom. The summed E-state index contributed by atoms with van der Waals surface area (Å²) in [6, 6.07) is 4.32. The zero-order valence-electron chi connectivity index (χ0n) is 11.7. The number of nitrogens with two attached hydrogens (primary N) is 1. The number of rotatable bonds is 7. The maximum Gasteiger partial charge on any atom is 0.311 e. The number of benzene rings is 1. The minimum Gasteiger partial charge on any atom is -0.487 e. The van der Waals surface area contributed by atoms with Crippen molar-refractivity contribution >= 4 is 11.6 Å². The molecule has 1 aromatic rings. The van der Waals surface area contributed by atoms with Gasteiger partial charge in [0.15, 0.2) is 0 Å². The molecular weight excluding hydrogens is 262 g/mol. The van der Waals surface area contributed by atoms with Gasteiger partial charge < -0.3 is 15.4 Å². The molecule has 1 rings (SSSR count). The molecule has 0 fully saturated rings. The third-order valence-electron chi connectivity index (χ3n) is 2.75. The third kappa shape index (κ3) is 3.67. The number of nitro benzene ring substituents is 1. The highest BCUT2D eigenvalue weighted by Crippen LogP contribution is 2.31. The Kier molecular flexibility index (Phi) is 5.92. The van der Waals surface area contributed by atoms with Gasteiger partial charge in [-0.25, -0.2) is 0 Å². The number of amides is 1. The van der Waals surface area contributed by atoms with Crippen LogP contribution in [0.15, 0.2) is 18.2 Å². The molecule has 2 N–H and O–H groups in total. The summed E-state index contributed by atoms with van der Waals surface area (Å²) >= 11 is 0. The van der Waals surface area contributed by atoms with E-state index in [2.05, 4.69) is 0 Å². The first-order valence-electron chi connectivity index (χ1n) is 6.38. The van der Waals surface area contributed by atoms with Crippen LogP contribution >= 0.6 is 0 Å². The fourth-order valence-electron chi connectivity index (χ4n) is 1.77. The van der Waals surface area contributed by atoms with E-state index < -0.39 is 4.92 Å². The first-order valence-corrected chi connectivity index (χ1v) is 6.38. The molecular formula is C13H19N3O4. The van der Waals surface area contributed by atoms with Gasteiger partial charge >= 0.3 is 5.69 Å². The van der Waals surface area contributed by atoms with E-state index in [4.69, 9.17) is 10.5 Å². The van der Waals surface area contributed by atoms with Gasteiger partial charge in [-0.15, -0.1) is 0 Å². The Morgan fingerprint density at radius 2 is 2.20 bits per heavy atom. The predicted molar refractivity (Wildman–Crippen MR) is 74.9 cm³/mol. The van der Waals surface area contributed by atoms with Crippen molar-refractivity contribution in [2.24, 2.45) is 5.73 Å². The first kappa shape index (κ1) is 15.9. The lowest BCUT2D eigenvalue weighted by Gasteiger charge is -2.18. The molecule has 1 aromatic carbocycles. The average molecular weight is 281 g/mol. The van der Waals surface area contributed by atoms with E-state index >= 15 is 0 Å².